The Morgan fingerprint density at radius 2 is 1.71 bits per heavy atom. The molecular formula is C12H12Cl2F3N3S. The van der Waals surface area contributed by atoms with Crippen molar-refractivity contribution < 1.29 is 13.2 Å². The van der Waals surface area contributed by atoms with Crippen molar-refractivity contribution in [2.24, 2.45) is 5.73 Å². The Balaban J connectivity index is 2.57. The zero-order valence-electron chi connectivity index (χ0n) is 11.0. The molecule has 0 aromatic heterocycles. The van der Waals surface area contributed by atoms with E-state index < -0.39 is 11.7 Å². The quantitative estimate of drug-likeness (QED) is 0.727. The van der Waals surface area contributed by atoms with Gasteiger partial charge in [0, 0.05) is 0 Å². The van der Waals surface area contributed by atoms with Crippen LogP contribution in [0.4, 0.5) is 18.9 Å². The van der Waals surface area contributed by atoms with E-state index in [1.54, 1.807) is 6.92 Å². The molecule has 1 unspecified atom stereocenters. The number of halogens is 5. The van der Waals surface area contributed by atoms with Gasteiger partial charge in [0.15, 0.2) is 0 Å². The van der Waals surface area contributed by atoms with Crippen LogP contribution in [0.25, 0.3) is 0 Å². The smallest absolute Gasteiger partial charge is 0.384 e. The molecule has 0 radical (unpaired) electrons. The number of hydrogen-bond donors (Lipinski definition) is 2. The van der Waals surface area contributed by atoms with Gasteiger partial charge in [-0.15, -0.1) is 0 Å². The molecule has 2 N–H and O–H groups in total. The Hall–Kier alpha value is -0.760. The summed E-state index contributed by atoms with van der Waals surface area (Å²) in [6.07, 6.45) is -4.53. The van der Waals surface area contributed by atoms with Crippen LogP contribution in [0.15, 0.2) is 23.5 Å². The molecule has 9 heteroatoms. The van der Waals surface area contributed by atoms with E-state index in [0.717, 1.165) is 17.7 Å². The lowest BCUT2D eigenvalue weighted by Gasteiger charge is -2.30. The standard InChI is InChI=1S/C12H12Cl2F3N3S/c1-5-6(2)20(21)19(11(5)18)10-8(13)3-7(4-9(10)14)12(15,16)17/h3-4,6,21H,18H2,1-2H3. The molecule has 1 aromatic carbocycles. The van der Waals surface area contributed by atoms with Crippen LogP contribution < -0.4 is 10.7 Å². The second-order valence-electron chi connectivity index (χ2n) is 4.66. The maximum absolute atomic E-state index is 12.7. The third-order valence-corrected chi connectivity index (χ3v) is 4.47. The molecule has 0 amide bonds. The first-order valence-corrected chi connectivity index (χ1v) is 7.02. The summed E-state index contributed by atoms with van der Waals surface area (Å²) in [5, 5.41) is 1.09. The van der Waals surface area contributed by atoms with Crippen LogP contribution >= 0.6 is 36.0 Å². The van der Waals surface area contributed by atoms with E-state index in [1.165, 1.54) is 9.42 Å². The fourth-order valence-corrected chi connectivity index (χ4v) is 3.00. The van der Waals surface area contributed by atoms with Gasteiger partial charge in [0.2, 0.25) is 0 Å². The van der Waals surface area contributed by atoms with E-state index in [0.29, 0.717) is 5.82 Å². The van der Waals surface area contributed by atoms with E-state index in [4.69, 9.17) is 28.9 Å². The zero-order valence-corrected chi connectivity index (χ0v) is 13.4. The normalized spacial score (nSPS) is 20.6. The summed E-state index contributed by atoms with van der Waals surface area (Å²) >= 11 is 16.3. The minimum Gasteiger partial charge on any atom is -0.384 e. The second-order valence-corrected chi connectivity index (χ2v) is 5.89. The van der Waals surface area contributed by atoms with Crippen LogP contribution in [-0.4, -0.2) is 10.5 Å². The third-order valence-electron chi connectivity index (χ3n) is 3.37. The van der Waals surface area contributed by atoms with Gasteiger partial charge in [0.1, 0.15) is 5.82 Å². The highest BCUT2D eigenvalue weighted by Crippen LogP contribution is 2.44. The Morgan fingerprint density at radius 3 is 2.05 bits per heavy atom. The van der Waals surface area contributed by atoms with Crippen molar-refractivity contribution in [3.8, 4) is 0 Å². The number of benzene rings is 1. The van der Waals surface area contributed by atoms with Gasteiger partial charge in [-0.25, -0.2) is 5.01 Å². The van der Waals surface area contributed by atoms with Crippen LogP contribution in [0, 0.1) is 0 Å². The first kappa shape index (κ1) is 16.6. The molecule has 3 nitrogen and oxygen atoms in total. The minimum atomic E-state index is -4.53. The number of hydrazine groups is 1. The van der Waals surface area contributed by atoms with Crippen molar-refractivity contribution in [3.05, 3.63) is 39.1 Å². The molecule has 0 bridgehead atoms. The molecule has 0 fully saturated rings. The average molecular weight is 358 g/mol. The predicted molar refractivity (Wildman–Crippen MR) is 81.1 cm³/mol. The van der Waals surface area contributed by atoms with Crippen molar-refractivity contribution in [2.45, 2.75) is 26.1 Å². The van der Waals surface area contributed by atoms with Crippen molar-refractivity contribution >= 4 is 41.7 Å². The number of hydrogen-bond acceptors (Lipinski definition) is 4. The van der Waals surface area contributed by atoms with Crippen molar-refractivity contribution in [1.82, 2.24) is 4.41 Å². The highest BCUT2D eigenvalue weighted by molar-refractivity contribution is 7.77. The third kappa shape index (κ3) is 2.79. The molecule has 1 aromatic rings. The van der Waals surface area contributed by atoms with Gasteiger partial charge in [-0.2, -0.15) is 17.6 Å². The maximum Gasteiger partial charge on any atom is 0.416 e. The zero-order chi connectivity index (χ0) is 16.1. The molecule has 21 heavy (non-hydrogen) atoms. The fourth-order valence-electron chi connectivity index (χ4n) is 1.99. The lowest BCUT2D eigenvalue weighted by Crippen LogP contribution is -2.36. The van der Waals surface area contributed by atoms with Gasteiger partial charge in [-0.1, -0.05) is 36.0 Å². The van der Waals surface area contributed by atoms with Gasteiger partial charge in [0.25, 0.3) is 0 Å². The van der Waals surface area contributed by atoms with Crippen molar-refractivity contribution in [1.29, 1.82) is 0 Å². The SMILES string of the molecule is CC1=C(N)N(c2c(Cl)cc(C(F)(F)F)cc2Cl)N(S)C1C. The van der Waals surface area contributed by atoms with Gasteiger partial charge >= 0.3 is 6.18 Å². The maximum atomic E-state index is 12.7. The van der Waals surface area contributed by atoms with Gasteiger partial charge in [0.05, 0.1) is 27.3 Å². The van der Waals surface area contributed by atoms with E-state index in [-0.39, 0.29) is 21.8 Å². The van der Waals surface area contributed by atoms with Gasteiger partial charge in [-0.05, 0) is 31.6 Å². The minimum absolute atomic E-state index is 0.136. The predicted octanol–water partition coefficient (Wildman–Crippen LogP) is 4.47. The molecule has 1 aliphatic rings. The Morgan fingerprint density at radius 1 is 1.24 bits per heavy atom. The highest BCUT2D eigenvalue weighted by atomic mass is 35.5. The Bertz CT molecular complexity index is 595. The van der Waals surface area contributed by atoms with Crippen molar-refractivity contribution in [3.63, 3.8) is 0 Å². The summed E-state index contributed by atoms with van der Waals surface area (Å²) in [6, 6.07) is 1.49. The Labute approximate surface area is 135 Å². The summed E-state index contributed by atoms with van der Waals surface area (Å²) in [5.41, 5.74) is 6.04. The number of anilines is 1. The van der Waals surface area contributed by atoms with Crippen molar-refractivity contribution in [2.75, 3.05) is 5.01 Å². The monoisotopic (exact) mass is 357 g/mol. The molecule has 2 rings (SSSR count). The molecule has 1 aliphatic heterocycles. The van der Waals surface area contributed by atoms with Crippen LogP contribution in [0.5, 0.6) is 0 Å². The number of nitrogens with zero attached hydrogens (tertiary/aromatic N) is 2. The molecule has 1 atom stereocenters. The summed E-state index contributed by atoms with van der Waals surface area (Å²) in [5.74, 6) is 0.334. The number of nitrogens with two attached hydrogens (primary N) is 1. The first-order chi connectivity index (χ1) is 9.55. The molecule has 0 spiro atoms. The molecule has 1 heterocycles. The largest absolute Gasteiger partial charge is 0.416 e. The molecule has 116 valence electrons. The van der Waals surface area contributed by atoms with Gasteiger partial charge < -0.3 is 5.73 Å². The van der Waals surface area contributed by atoms with Crippen LogP contribution in [-0.2, 0) is 6.18 Å². The number of thiol groups is 1. The average Bonchev–Trinajstić information content (AvgIpc) is 2.54. The van der Waals surface area contributed by atoms with E-state index in [9.17, 15) is 13.2 Å². The van der Waals surface area contributed by atoms with E-state index in [2.05, 4.69) is 12.8 Å². The van der Waals surface area contributed by atoms with Crippen LogP contribution in [0.3, 0.4) is 0 Å². The molecular weight excluding hydrogens is 346 g/mol. The topological polar surface area (TPSA) is 32.5 Å². The summed E-state index contributed by atoms with van der Waals surface area (Å²) in [4.78, 5) is 0. The highest BCUT2D eigenvalue weighted by Gasteiger charge is 2.37. The molecule has 0 aliphatic carbocycles. The second kappa shape index (κ2) is 5.46. The number of alkyl halides is 3. The first-order valence-electron chi connectivity index (χ1n) is 5.86. The summed E-state index contributed by atoms with van der Waals surface area (Å²) < 4.78 is 39.7. The summed E-state index contributed by atoms with van der Waals surface area (Å²) in [7, 11) is 0. The van der Waals surface area contributed by atoms with Crippen LogP contribution in [0.2, 0.25) is 10.0 Å². The van der Waals surface area contributed by atoms with Crippen LogP contribution in [0.1, 0.15) is 19.4 Å². The lowest BCUT2D eigenvalue weighted by molar-refractivity contribution is -0.137. The summed E-state index contributed by atoms with van der Waals surface area (Å²) in [6.45, 7) is 3.65. The van der Waals surface area contributed by atoms with Gasteiger partial charge in [-0.3, -0.25) is 0 Å². The van der Waals surface area contributed by atoms with E-state index >= 15 is 0 Å². The number of rotatable bonds is 1. The lowest BCUT2D eigenvalue weighted by atomic mass is 10.2. The molecule has 0 saturated carbocycles. The van der Waals surface area contributed by atoms with E-state index in [1.807, 2.05) is 6.92 Å². The fraction of sp³-hybridized carbons (Fsp3) is 0.333. The Kier molecular flexibility index (Phi) is 4.32. The molecule has 0 saturated heterocycles.